The lowest BCUT2D eigenvalue weighted by atomic mass is 9.43. The zero-order valence-electron chi connectivity index (χ0n) is 41.2. The summed E-state index contributed by atoms with van der Waals surface area (Å²) in [5, 5.41) is 16.7. The molecule has 3 heterocycles. The molecule has 2 bridgehead atoms. The molecule has 2 aliphatic heterocycles. The smallest absolute Gasteiger partial charge is 0.408 e. The Balaban J connectivity index is 1.53. The van der Waals surface area contributed by atoms with Gasteiger partial charge in [0, 0.05) is 30.1 Å². The van der Waals surface area contributed by atoms with E-state index in [-0.39, 0.29) is 35.8 Å². The molecule has 0 aromatic carbocycles. The number of alkyl carbamates (subject to hydrolysis) is 1. The lowest BCUT2D eigenvalue weighted by Gasteiger charge is -2.68. The number of carbonyl (C=O) groups excluding carboxylic acids is 3. The fourth-order valence-corrected chi connectivity index (χ4v) is 18.5. The summed E-state index contributed by atoms with van der Waals surface area (Å²) in [6, 6.07) is 2.24. The molecule has 14 nitrogen and oxygen atoms in total. The van der Waals surface area contributed by atoms with Crippen LogP contribution in [0.1, 0.15) is 135 Å². The van der Waals surface area contributed by atoms with E-state index >= 15 is 4.79 Å². The van der Waals surface area contributed by atoms with Crippen LogP contribution in [0.15, 0.2) is 42.1 Å². The molecular weight excluding hydrogens is 837 g/mol. The Kier molecular flexibility index (Phi) is 13.9. The quantitative estimate of drug-likeness (QED) is 0.0835. The van der Waals surface area contributed by atoms with Crippen LogP contribution in [0.25, 0.3) is 0 Å². The molecule has 15 heteroatoms. The van der Waals surface area contributed by atoms with Gasteiger partial charge in [0.25, 0.3) is 0 Å². The van der Waals surface area contributed by atoms with Gasteiger partial charge in [0.05, 0.1) is 37.3 Å². The highest BCUT2D eigenvalue weighted by Gasteiger charge is 2.75. The van der Waals surface area contributed by atoms with Crippen molar-refractivity contribution in [3.8, 4) is 5.75 Å². The SMILES string of the molecule is C=C[C@@H]1O[C@@H]2C3=C(C)[C@@H](OC(=O)[C@H](O[Si](C(C)C)(C(C)C)C(C)C)[C@@H](NC(=O)OC(C)(C)C)c4ccc(OC)cn4)C[C@@](O)([C@@H](C)[C@H]4[C@@](C)(CC[C@H]5OC[C@]54OC(C)=O)[C@@H]2O1)C3(C)C. The standard InChI is InChI=1S/C49H76N2O12Si/c1-18-36-59-39-37-29(8)34(23-49(55,46(37,14)15)30(9)41-47(16,42(39)60-36)22-21-35-48(41,25-57-35)61-31(10)52)58-43(53)40(63-64(26(2)3,27(4)5)28(6)7)38(51-44(54)62-45(11,12)13)33-20-19-32(56-17)24-50-33/h18-20,24,26-28,30,34-36,38-42,55H,1,21-23,25H2,2-17H3,(H,51,54)/t30-,34-,35+,36+,38-,39+,40+,41-,42+,47+,48-,49+/m0/s1. The second kappa shape index (κ2) is 17.7. The second-order valence-electron chi connectivity index (χ2n) is 21.8. The van der Waals surface area contributed by atoms with E-state index in [4.69, 9.17) is 37.6 Å². The highest BCUT2D eigenvalue weighted by atomic mass is 28.4. The Morgan fingerprint density at radius 1 is 1.05 bits per heavy atom. The van der Waals surface area contributed by atoms with Crippen LogP contribution < -0.4 is 10.1 Å². The second-order valence-corrected chi connectivity index (χ2v) is 27.2. The molecule has 1 aromatic rings. The van der Waals surface area contributed by atoms with Crippen molar-refractivity contribution in [3.05, 3.63) is 47.8 Å². The van der Waals surface area contributed by atoms with E-state index in [2.05, 4.69) is 65.3 Å². The van der Waals surface area contributed by atoms with Crippen molar-refractivity contribution in [3.63, 3.8) is 0 Å². The molecule has 2 saturated heterocycles. The first kappa shape index (κ1) is 50.1. The summed E-state index contributed by atoms with van der Waals surface area (Å²) in [6.07, 6.45) is -1.02. The van der Waals surface area contributed by atoms with Gasteiger partial charge in [0.1, 0.15) is 35.7 Å². The largest absolute Gasteiger partial charge is 0.495 e. The molecule has 2 saturated carbocycles. The number of nitrogens with zero attached hydrogens (tertiary/aromatic N) is 1. The molecule has 1 aromatic heterocycles. The van der Waals surface area contributed by atoms with Crippen molar-refractivity contribution >= 4 is 26.3 Å². The van der Waals surface area contributed by atoms with Gasteiger partial charge in [-0.25, -0.2) is 9.59 Å². The van der Waals surface area contributed by atoms with Gasteiger partial charge in [-0.1, -0.05) is 75.8 Å². The molecule has 64 heavy (non-hydrogen) atoms. The van der Waals surface area contributed by atoms with Gasteiger partial charge in [0.15, 0.2) is 18.0 Å². The predicted molar refractivity (Wildman–Crippen MR) is 243 cm³/mol. The maximum Gasteiger partial charge on any atom is 0.408 e. The van der Waals surface area contributed by atoms with Crippen molar-refractivity contribution in [2.45, 2.75) is 199 Å². The third-order valence-electron chi connectivity index (χ3n) is 15.8. The zero-order chi connectivity index (χ0) is 47.7. The highest BCUT2D eigenvalue weighted by molar-refractivity contribution is 6.77. The molecule has 358 valence electrons. The molecule has 6 rings (SSSR count). The molecule has 0 unspecified atom stereocenters. The lowest BCUT2D eigenvalue weighted by molar-refractivity contribution is -0.337. The summed E-state index contributed by atoms with van der Waals surface area (Å²) in [6.45, 7) is 33.8. The van der Waals surface area contributed by atoms with Crippen LogP contribution in [0.4, 0.5) is 4.79 Å². The monoisotopic (exact) mass is 913 g/mol. The minimum atomic E-state index is -2.93. The maximum atomic E-state index is 15.6. The topological polar surface area (TPSA) is 170 Å². The first-order valence-corrected chi connectivity index (χ1v) is 25.3. The Hall–Kier alpha value is -3.34. The van der Waals surface area contributed by atoms with Crippen LogP contribution in [0.2, 0.25) is 16.6 Å². The van der Waals surface area contributed by atoms with Crippen molar-refractivity contribution in [2.24, 2.45) is 22.7 Å². The molecule has 4 fully saturated rings. The van der Waals surface area contributed by atoms with E-state index in [0.29, 0.717) is 24.3 Å². The summed E-state index contributed by atoms with van der Waals surface area (Å²) in [4.78, 5) is 47.1. The molecule has 0 radical (unpaired) electrons. The van der Waals surface area contributed by atoms with Crippen LogP contribution in [0.5, 0.6) is 5.75 Å². The Morgan fingerprint density at radius 3 is 2.19 bits per heavy atom. The third kappa shape index (κ3) is 8.26. The molecule has 5 aliphatic rings. The van der Waals surface area contributed by atoms with Crippen molar-refractivity contribution in [1.29, 1.82) is 0 Å². The van der Waals surface area contributed by atoms with Gasteiger partial charge in [0.2, 0.25) is 8.32 Å². The molecule has 0 spiro atoms. The number of hydrogen-bond acceptors (Lipinski definition) is 13. The fraction of sp³-hybridized carbons (Fsp3) is 0.755. The number of pyridine rings is 1. The molecule has 1 amide bonds. The van der Waals surface area contributed by atoms with Gasteiger partial charge in [-0.3, -0.25) is 9.78 Å². The molecule has 3 aliphatic carbocycles. The number of aromatic nitrogens is 1. The predicted octanol–water partition coefficient (Wildman–Crippen LogP) is 8.67. The minimum Gasteiger partial charge on any atom is -0.495 e. The number of nitrogens with one attached hydrogen (secondary N) is 1. The number of aliphatic hydroxyl groups is 1. The van der Waals surface area contributed by atoms with Gasteiger partial charge >= 0.3 is 18.0 Å². The number of fused-ring (bicyclic) bond motifs is 8. The summed E-state index contributed by atoms with van der Waals surface area (Å²) >= 11 is 0. The van der Waals surface area contributed by atoms with E-state index in [9.17, 15) is 14.7 Å². The molecular formula is C49H76N2O12Si. The van der Waals surface area contributed by atoms with Gasteiger partial charge in [-0.15, -0.1) is 0 Å². The Labute approximate surface area is 382 Å². The van der Waals surface area contributed by atoms with Gasteiger partial charge < -0.3 is 48.0 Å². The van der Waals surface area contributed by atoms with Crippen LogP contribution in [-0.2, 0) is 42.4 Å². The normalized spacial score (nSPS) is 34.3. The Morgan fingerprint density at radius 2 is 1.69 bits per heavy atom. The van der Waals surface area contributed by atoms with E-state index in [1.165, 1.54) is 20.2 Å². The van der Waals surface area contributed by atoms with E-state index in [1.54, 1.807) is 39.0 Å². The van der Waals surface area contributed by atoms with E-state index in [1.807, 2.05) is 27.7 Å². The van der Waals surface area contributed by atoms with Crippen molar-refractivity contribution in [1.82, 2.24) is 10.3 Å². The Bertz CT molecular complexity index is 1940. The first-order valence-electron chi connectivity index (χ1n) is 23.2. The minimum absolute atomic E-state index is 0.0123. The summed E-state index contributed by atoms with van der Waals surface area (Å²) < 4.78 is 51.5. The number of amides is 1. The number of hydrogen-bond donors (Lipinski definition) is 2. The number of carbonyl (C=O) groups is 3. The first-order chi connectivity index (χ1) is 29.6. The average molecular weight is 913 g/mol. The summed E-state index contributed by atoms with van der Waals surface area (Å²) in [5.41, 5.74) is -3.08. The fourth-order valence-electron chi connectivity index (χ4n) is 13.0. The van der Waals surface area contributed by atoms with Crippen molar-refractivity contribution < 1.29 is 57.1 Å². The maximum absolute atomic E-state index is 15.6. The third-order valence-corrected chi connectivity index (χ3v) is 21.8. The molecule has 2 N–H and O–H groups in total. The summed E-state index contributed by atoms with van der Waals surface area (Å²) in [5.74, 6) is -1.67. The number of ether oxygens (including phenoxy) is 7. The highest BCUT2D eigenvalue weighted by Crippen LogP contribution is 2.68. The lowest BCUT2D eigenvalue weighted by Crippen LogP contribution is -2.77. The van der Waals surface area contributed by atoms with E-state index in [0.717, 1.165) is 11.1 Å². The van der Waals surface area contributed by atoms with Crippen LogP contribution in [0, 0.1) is 22.7 Å². The number of methoxy groups -OCH3 is 1. The zero-order valence-corrected chi connectivity index (χ0v) is 42.2. The van der Waals surface area contributed by atoms with E-state index < -0.39 is 103 Å². The number of esters is 2. The van der Waals surface area contributed by atoms with Gasteiger partial charge in [-0.2, -0.15) is 0 Å². The van der Waals surface area contributed by atoms with Crippen LogP contribution in [-0.4, -0.2) is 104 Å². The summed E-state index contributed by atoms with van der Waals surface area (Å²) in [7, 11) is -1.39. The van der Waals surface area contributed by atoms with Gasteiger partial charge in [-0.05, 0) is 92.4 Å². The molecule has 12 atom stereocenters. The van der Waals surface area contributed by atoms with Crippen LogP contribution >= 0.6 is 0 Å². The van der Waals surface area contributed by atoms with Crippen LogP contribution in [0.3, 0.4) is 0 Å². The number of rotatable bonds is 13. The average Bonchev–Trinajstić information content (AvgIpc) is 3.61. The van der Waals surface area contributed by atoms with Crippen molar-refractivity contribution in [2.75, 3.05) is 13.7 Å².